The fourth-order valence-electron chi connectivity index (χ4n) is 3.40. The summed E-state index contributed by atoms with van der Waals surface area (Å²) < 4.78 is 16.4. The minimum atomic E-state index is -0.784. The van der Waals surface area contributed by atoms with E-state index in [1.54, 1.807) is 19.9 Å². The first kappa shape index (κ1) is 18.2. The van der Waals surface area contributed by atoms with Gasteiger partial charge in [-0.15, -0.1) is 0 Å². The van der Waals surface area contributed by atoms with Crippen LogP contribution in [0, 0.1) is 0 Å². The van der Waals surface area contributed by atoms with Crippen molar-refractivity contribution >= 4 is 11.0 Å². The van der Waals surface area contributed by atoms with Crippen LogP contribution in [0.2, 0.25) is 0 Å². The lowest BCUT2D eigenvalue weighted by Crippen LogP contribution is -2.46. The van der Waals surface area contributed by atoms with Crippen molar-refractivity contribution in [1.29, 1.82) is 0 Å². The summed E-state index contributed by atoms with van der Waals surface area (Å²) in [6, 6.07) is 5.85. The molecule has 3 N–H and O–H groups in total. The summed E-state index contributed by atoms with van der Waals surface area (Å²) in [4.78, 5) is 13.0. The number of rotatable bonds is 2. The van der Waals surface area contributed by atoms with Crippen LogP contribution in [-0.4, -0.2) is 34.1 Å². The average Bonchev–Trinajstić information content (AvgIpc) is 2.62. The molecule has 0 unspecified atom stereocenters. The van der Waals surface area contributed by atoms with Crippen molar-refractivity contribution in [2.24, 2.45) is 0 Å². The van der Waals surface area contributed by atoms with Crippen molar-refractivity contribution in [3.8, 4) is 34.1 Å². The number of ether oxygens (including phenoxy) is 2. The molecule has 1 atom stereocenters. The zero-order valence-electron chi connectivity index (χ0n) is 15.6. The molecule has 28 heavy (non-hydrogen) atoms. The Morgan fingerprint density at radius 1 is 1.11 bits per heavy atom. The van der Waals surface area contributed by atoms with Crippen molar-refractivity contribution in [3.05, 3.63) is 46.3 Å². The Kier molecular flexibility index (Phi) is 4.01. The summed E-state index contributed by atoms with van der Waals surface area (Å²) in [6.07, 6.45) is 0.813. The number of benzene rings is 2. The summed E-state index contributed by atoms with van der Waals surface area (Å²) in [5.74, 6) is 0.370. The van der Waals surface area contributed by atoms with Crippen LogP contribution in [0.25, 0.3) is 22.1 Å². The highest BCUT2D eigenvalue weighted by Gasteiger charge is 2.36. The number of hydrogen-bond acceptors (Lipinski definition) is 7. The Balaban J connectivity index is 1.90. The molecule has 2 heterocycles. The molecule has 0 saturated heterocycles. The van der Waals surface area contributed by atoms with Gasteiger partial charge < -0.3 is 29.2 Å². The highest BCUT2D eigenvalue weighted by Crippen LogP contribution is 2.41. The number of methoxy groups -OCH3 is 1. The highest BCUT2D eigenvalue weighted by atomic mass is 16.5. The zero-order valence-corrected chi connectivity index (χ0v) is 15.6. The maximum Gasteiger partial charge on any atom is 0.204 e. The normalized spacial score (nSPS) is 17.8. The average molecular weight is 384 g/mol. The standard InChI is InChI=1S/C21H20O7/c1-21(2)18(24)5-10-4-12(14(22)8-16(10)28-21)13-9-27-17-7-11(26-3)6-15(23)19(17)20(13)25/h4,6-9,18,22-24H,5H2,1-3H3/t18-/m0/s1. The third-order valence-electron chi connectivity index (χ3n) is 5.12. The second-order valence-corrected chi connectivity index (χ2v) is 7.40. The van der Waals surface area contributed by atoms with Crippen molar-refractivity contribution in [3.63, 3.8) is 0 Å². The van der Waals surface area contributed by atoms with E-state index in [2.05, 4.69) is 0 Å². The van der Waals surface area contributed by atoms with Crippen LogP contribution >= 0.6 is 0 Å². The maximum atomic E-state index is 13.0. The van der Waals surface area contributed by atoms with E-state index in [9.17, 15) is 20.1 Å². The van der Waals surface area contributed by atoms with E-state index in [0.717, 1.165) is 0 Å². The van der Waals surface area contributed by atoms with Gasteiger partial charge in [0.2, 0.25) is 5.43 Å². The predicted octanol–water partition coefficient (Wildman–Crippen LogP) is 2.95. The molecule has 0 saturated carbocycles. The van der Waals surface area contributed by atoms with Gasteiger partial charge in [0.25, 0.3) is 0 Å². The second kappa shape index (κ2) is 6.17. The lowest BCUT2D eigenvalue weighted by atomic mass is 9.89. The van der Waals surface area contributed by atoms with Crippen LogP contribution in [-0.2, 0) is 6.42 Å². The largest absolute Gasteiger partial charge is 0.507 e. The van der Waals surface area contributed by atoms with E-state index in [1.807, 2.05) is 0 Å². The molecule has 7 nitrogen and oxygen atoms in total. The van der Waals surface area contributed by atoms with Crippen LogP contribution in [0.15, 0.2) is 39.7 Å². The molecule has 0 radical (unpaired) electrons. The Morgan fingerprint density at radius 2 is 1.86 bits per heavy atom. The van der Waals surface area contributed by atoms with Gasteiger partial charge in [0, 0.05) is 30.2 Å². The molecule has 1 aromatic heterocycles. The number of phenolic OH excluding ortho intramolecular Hbond substituents is 2. The number of aliphatic hydroxyl groups excluding tert-OH is 1. The molecule has 1 aliphatic heterocycles. The molecule has 3 aromatic rings. The molecule has 0 bridgehead atoms. The van der Waals surface area contributed by atoms with E-state index < -0.39 is 17.1 Å². The van der Waals surface area contributed by atoms with Crippen LogP contribution < -0.4 is 14.9 Å². The topological polar surface area (TPSA) is 109 Å². The first-order valence-corrected chi connectivity index (χ1v) is 8.77. The molecular formula is C21H20O7. The van der Waals surface area contributed by atoms with E-state index in [1.165, 1.54) is 31.6 Å². The molecule has 7 heteroatoms. The lowest BCUT2D eigenvalue weighted by Gasteiger charge is -2.37. The Hall–Kier alpha value is -3.19. The van der Waals surface area contributed by atoms with Gasteiger partial charge in [-0.05, 0) is 25.5 Å². The van der Waals surface area contributed by atoms with Crippen LogP contribution in [0.4, 0.5) is 0 Å². The van der Waals surface area contributed by atoms with E-state index in [0.29, 0.717) is 23.5 Å². The third-order valence-corrected chi connectivity index (χ3v) is 5.12. The van der Waals surface area contributed by atoms with E-state index >= 15 is 0 Å². The number of phenols is 2. The summed E-state index contributed by atoms with van der Waals surface area (Å²) in [5, 5.41) is 31.0. The van der Waals surface area contributed by atoms with Gasteiger partial charge in [0.15, 0.2) is 0 Å². The maximum absolute atomic E-state index is 13.0. The van der Waals surface area contributed by atoms with Crippen molar-refractivity contribution < 1.29 is 29.2 Å². The number of aliphatic hydroxyl groups is 1. The van der Waals surface area contributed by atoms with Gasteiger partial charge in [-0.1, -0.05) is 0 Å². The Bertz CT molecular complexity index is 1140. The van der Waals surface area contributed by atoms with Crippen LogP contribution in [0.5, 0.6) is 23.0 Å². The van der Waals surface area contributed by atoms with Gasteiger partial charge in [0.1, 0.15) is 45.8 Å². The van der Waals surface area contributed by atoms with E-state index in [-0.39, 0.29) is 33.6 Å². The molecular weight excluding hydrogens is 364 g/mol. The SMILES string of the molecule is COc1cc(O)c2c(=O)c(-c3cc4c(cc3O)OC(C)(C)[C@@H](O)C4)coc2c1. The number of aromatic hydroxyl groups is 2. The monoisotopic (exact) mass is 384 g/mol. The van der Waals surface area contributed by atoms with Crippen LogP contribution in [0.3, 0.4) is 0 Å². The Labute approximate surface area is 160 Å². The number of fused-ring (bicyclic) bond motifs is 2. The van der Waals surface area contributed by atoms with Crippen molar-refractivity contribution in [1.82, 2.24) is 0 Å². The fraction of sp³-hybridized carbons (Fsp3) is 0.286. The minimum Gasteiger partial charge on any atom is -0.507 e. The molecule has 2 aromatic carbocycles. The summed E-state index contributed by atoms with van der Waals surface area (Å²) in [6.45, 7) is 3.53. The summed E-state index contributed by atoms with van der Waals surface area (Å²) >= 11 is 0. The quantitative estimate of drug-likeness (QED) is 0.623. The Morgan fingerprint density at radius 3 is 2.57 bits per heavy atom. The third kappa shape index (κ3) is 2.75. The zero-order chi connectivity index (χ0) is 20.2. The fourth-order valence-corrected chi connectivity index (χ4v) is 3.40. The predicted molar refractivity (Wildman–Crippen MR) is 102 cm³/mol. The summed E-state index contributed by atoms with van der Waals surface area (Å²) in [5.41, 5.74) is -0.114. The van der Waals surface area contributed by atoms with Gasteiger partial charge in [-0.3, -0.25) is 4.79 Å². The molecule has 0 aliphatic carbocycles. The molecule has 0 amide bonds. The second-order valence-electron chi connectivity index (χ2n) is 7.40. The minimum absolute atomic E-state index is 0.00663. The molecule has 0 spiro atoms. The van der Waals surface area contributed by atoms with Gasteiger partial charge in [-0.2, -0.15) is 0 Å². The highest BCUT2D eigenvalue weighted by molar-refractivity contribution is 5.89. The first-order valence-electron chi connectivity index (χ1n) is 8.77. The molecule has 0 fully saturated rings. The van der Waals surface area contributed by atoms with Gasteiger partial charge in [0.05, 0.1) is 18.8 Å². The number of hydrogen-bond donors (Lipinski definition) is 3. The van der Waals surface area contributed by atoms with Crippen LogP contribution in [0.1, 0.15) is 19.4 Å². The first-order chi connectivity index (χ1) is 13.2. The van der Waals surface area contributed by atoms with Gasteiger partial charge in [-0.25, -0.2) is 0 Å². The van der Waals surface area contributed by atoms with E-state index in [4.69, 9.17) is 13.9 Å². The van der Waals surface area contributed by atoms with Crippen molar-refractivity contribution in [2.45, 2.75) is 32.0 Å². The van der Waals surface area contributed by atoms with Gasteiger partial charge >= 0.3 is 0 Å². The van der Waals surface area contributed by atoms with Crippen molar-refractivity contribution in [2.75, 3.05) is 7.11 Å². The molecule has 1 aliphatic rings. The summed E-state index contributed by atoms with van der Waals surface area (Å²) in [7, 11) is 1.44. The lowest BCUT2D eigenvalue weighted by molar-refractivity contribution is -0.0412. The molecule has 4 rings (SSSR count). The molecule has 146 valence electrons. The smallest absolute Gasteiger partial charge is 0.204 e.